The number of allylic oxidation sites excluding steroid dienone is 2. The molecular weight excluding hydrogens is 663 g/mol. The van der Waals surface area contributed by atoms with Crippen LogP contribution in [0.3, 0.4) is 0 Å². The van der Waals surface area contributed by atoms with Gasteiger partial charge in [0.2, 0.25) is 0 Å². The Morgan fingerprint density at radius 1 is 0.729 bits per heavy atom. The van der Waals surface area contributed by atoms with Crippen LogP contribution in [0.5, 0.6) is 0 Å². The Hall–Kier alpha value is -2.37. The molecule has 0 aliphatic heterocycles. The molecule has 0 aromatic heterocycles. The molecule has 0 unspecified atom stereocenters. The van der Waals surface area contributed by atoms with Crippen LogP contribution < -0.4 is 0 Å². The molecule has 2 rings (SSSR count). The Labute approximate surface area is 285 Å². The number of benzene rings is 2. The van der Waals surface area contributed by atoms with Crippen molar-refractivity contribution in [3.63, 3.8) is 0 Å². The number of hydrogen-bond donors (Lipinski definition) is 1. The SMILES string of the molecule is CC/C(=C/C#CC(O)(C(F)(F)F)C(F)(F)F)c1cccc(CCc2ccc(CO[Si](C)(C)C(C)(C)C)c(CO[Si](C)(C)C(C)(C)C)c2)c1. The molecule has 2 aromatic rings. The first kappa shape index (κ1) is 41.8. The summed E-state index contributed by atoms with van der Waals surface area (Å²) >= 11 is 0. The zero-order chi connectivity index (χ0) is 37.0. The largest absolute Gasteiger partial charge is 0.438 e. The molecule has 268 valence electrons. The standard InChI is InChI=1S/C37H52F6O3Si2/c1-12-29(17-14-22-35(44,36(38,39)40)37(41,42)43)30-16-13-15-27(23-30)18-19-28-20-21-31(25-45-47(8,9)33(2,3)4)32(24-28)26-46-48(10,11)34(5,6)7/h13,15-17,20-21,23-24,44H,12,18-19,25-26H2,1-11H3/b29-17-. The van der Waals surface area contributed by atoms with Crippen molar-refractivity contribution in [3.8, 4) is 11.8 Å². The van der Waals surface area contributed by atoms with E-state index in [4.69, 9.17) is 8.85 Å². The summed E-state index contributed by atoms with van der Waals surface area (Å²) < 4.78 is 91.3. The van der Waals surface area contributed by atoms with Gasteiger partial charge in [0, 0.05) is 0 Å². The first-order valence-electron chi connectivity index (χ1n) is 16.2. The van der Waals surface area contributed by atoms with Crippen LogP contribution in [0.2, 0.25) is 36.3 Å². The van der Waals surface area contributed by atoms with Crippen molar-refractivity contribution in [1.82, 2.24) is 0 Å². The fourth-order valence-corrected chi connectivity index (χ4v) is 6.09. The molecule has 0 atom stereocenters. The predicted molar refractivity (Wildman–Crippen MR) is 187 cm³/mol. The third kappa shape index (κ3) is 10.6. The fraction of sp³-hybridized carbons (Fsp3) is 0.568. The van der Waals surface area contributed by atoms with Gasteiger partial charge in [0.05, 0.1) is 13.2 Å². The maximum absolute atomic E-state index is 13.0. The Morgan fingerprint density at radius 3 is 1.67 bits per heavy atom. The molecule has 48 heavy (non-hydrogen) atoms. The molecule has 0 radical (unpaired) electrons. The Balaban J connectivity index is 2.35. The highest BCUT2D eigenvalue weighted by molar-refractivity contribution is 6.74. The third-order valence-corrected chi connectivity index (χ3v) is 18.7. The van der Waals surface area contributed by atoms with Gasteiger partial charge in [-0.2, -0.15) is 26.3 Å². The summed E-state index contributed by atoms with van der Waals surface area (Å²) in [5.41, 5.74) is 0.231. The second-order valence-electron chi connectivity index (χ2n) is 15.4. The number of aryl methyl sites for hydroxylation is 2. The molecule has 0 amide bonds. The molecule has 3 nitrogen and oxygen atoms in total. The van der Waals surface area contributed by atoms with Gasteiger partial charge in [0.1, 0.15) is 0 Å². The number of rotatable bonds is 11. The van der Waals surface area contributed by atoms with Crippen LogP contribution in [0.25, 0.3) is 5.57 Å². The average Bonchev–Trinajstić information content (AvgIpc) is 2.94. The minimum absolute atomic E-state index is 0.0582. The quantitative estimate of drug-likeness (QED) is 0.143. The van der Waals surface area contributed by atoms with Crippen LogP contribution in [0.4, 0.5) is 26.3 Å². The van der Waals surface area contributed by atoms with E-state index in [1.807, 2.05) is 18.1 Å². The summed E-state index contributed by atoms with van der Waals surface area (Å²) in [5.74, 6) is 2.82. The molecular formula is C37H52F6O3Si2. The normalized spacial score (nSPS) is 14.2. The van der Waals surface area contributed by atoms with Gasteiger partial charge in [-0.15, -0.1) is 0 Å². The van der Waals surface area contributed by atoms with E-state index in [0.29, 0.717) is 43.6 Å². The van der Waals surface area contributed by atoms with Crippen LogP contribution in [0, 0.1) is 11.8 Å². The minimum Gasteiger partial charge on any atom is -0.413 e. The first-order chi connectivity index (χ1) is 21.6. The molecule has 2 aromatic carbocycles. The van der Waals surface area contributed by atoms with Crippen molar-refractivity contribution in [3.05, 3.63) is 76.4 Å². The maximum atomic E-state index is 13.0. The van der Waals surface area contributed by atoms with Crippen molar-refractivity contribution in [2.24, 2.45) is 0 Å². The molecule has 0 bridgehead atoms. The lowest BCUT2D eigenvalue weighted by Crippen LogP contribution is -2.55. The van der Waals surface area contributed by atoms with Crippen LogP contribution in [-0.2, 0) is 34.9 Å². The topological polar surface area (TPSA) is 38.7 Å². The lowest BCUT2D eigenvalue weighted by Gasteiger charge is -2.37. The Morgan fingerprint density at radius 2 is 1.21 bits per heavy atom. The highest BCUT2D eigenvalue weighted by atomic mass is 28.4. The zero-order valence-electron chi connectivity index (χ0n) is 30.2. The summed E-state index contributed by atoms with van der Waals surface area (Å²) in [5, 5.41) is 9.48. The molecule has 0 saturated carbocycles. The molecule has 11 heteroatoms. The van der Waals surface area contributed by atoms with E-state index in [1.165, 1.54) is 0 Å². The van der Waals surface area contributed by atoms with Gasteiger partial charge in [-0.1, -0.05) is 96.9 Å². The summed E-state index contributed by atoms with van der Waals surface area (Å²) in [6.45, 7) is 24.9. The van der Waals surface area contributed by atoms with Gasteiger partial charge < -0.3 is 14.0 Å². The minimum atomic E-state index is -5.99. The van der Waals surface area contributed by atoms with Crippen molar-refractivity contribution in [2.45, 2.75) is 135 Å². The summed E-state index contributed by atoms with van der Waals surface area (Å²) in [6.07, 6.45) is -9.32. The number of alkyl halides is 6. The van der Waals surface area contributed by atoms with E-state index in [0.717, 1.165) is 34.3 Å². The number of halogens is 6. The van der Waals surface area contributed by atoms with Crippen molar-refractivity contribution >= 4 is 22.2 Å². The number of aliphatic hydroxyl groups is 1. The van der Waals surface area contributed by atoms with Gasteiger partial charge in [0.15, 0.2) is 16.6 Å². The van der Waals surface area contributed by atoms with E-state index in [1.54, 1.807) is 19.1 Å². The van der Waals surface area contributed by atoms with Gasteiger partial charge in [-0.25, -0.2) is 0 Å². The molecule has 0 saturated heterocycles. The number of hydrogen-bond acceptors (Lipinski definition) is 3. The van der Waals surface area contributed by atoms with Crippen molar-refractivity contribution in [1.29, 1.82) is 0 Å². The van der Waals surface area contributed by atoms with E-state index >= 15 is 0 Å². The second kappa shape index (κ2) is 15.3. The van der Waals surface area contributed by atoms with Crippen molar-refractivity contribution < 1.29 is 40.3 Å². The van der Waals surface area contributed by atoms with E-state index in [-0.39, 0.29) is 10.1 Å². The van der Waals surface area contributed by atoms with E-state index in [2.05, 4.69) is 85.9 Å². The monoisotopic (exact) mass is 714 g/mol. The molecule has 0 heterocycles. The predicted octanol–water partition coefficient (Wildman–Crippen LogP) is 11.2. The fourth-order valence-electron chi connectivity index (χ4n) is 4.19. The summed E-state index contributed by atoms with van der Waals surface area (Å²) in [6, 6.07) is 13.7. The summed E-state index contributed by atoms with van der Waals surface area (Å²) in [7, 11) is -4.00. The third-order valence-electron chi connectivity index (χ3n) is 9.76. The molecule has 0 spiro atoms. The summed E-state index contributed by atoms with van der Waals surface area (Å²) in [4.78, 5) is 0. The van der Waals surface area contributed by atoms with E-state index < -0.39 is 34.6 Å². The highest BCUT2D eigenvalue weighted by Crippen LogP contribution is 2.43. The molecule has 0 aliphatic rings. The second-order valence-corrected chi connectivity index (χ2v) is 25.0. The highest BCUT2D eigenvalue weighted by Gasteiger charge is 2.70. The lowest BCUT2D eigenvalue weighted by molar-refractivity contribution is -0.343. The Kier molecular flexibility index (Phi) is 13.3. The van der Waals surface area contributed by atoms with Crippen molar-refractivity contribution in [2.75, 3.05) is 0 Å². The molecule has 0 aliphatic carbocycles. The zero-order valence-corrected chi connectivity index (χ0v) is 32.2. The van der Waals surface area contributed by atoms with Crippen LogP contribution in [-0.4, -0.2) is 39.7 Å². The molecule has 0 fully saturated rings. The average molecular weight is 715 g/mol. The van der Waals surface area contributed by atoms with Crippen LogP contribution in [0.1, 0.15) is 82.7 Å². The Bertz CT molecular complexity index is 1470. The van der Waals surface area contributed by atoms with Gasteiger partial charge >= 0.3 is 18.0 Å². The molecule has 1 N–H and O–H groups in total. The maximum Gasteiger partial charge on any atom is 0.438 e. The van der Waals surface area contributed by atoms with Gasteiger partial charge in [-0.3, -0.25) is 0 Å². The smallest absolute Gasteiger partial charge is 0.413 e. The van der Waals surface area contributed by atoms with Gasteiger partial charge in [-0.05, 0) is 101 Å². The first-order valence-corrected chi connectivity index (χ1v) is 22.0. The van der Waals surface area contributed by atoms with Crippen LogP contribution in [0.15, 0.2) is 48.5 Å². The van der Waals surface area contributed by atoms with Gasteiger partial charge in [0.25, 0.3) is 0 Å². The van der Waals surface area contributed by atoms with Crippen LogP contribution >= 0.6 is 0 Å². The lowest BCUT2D eigenvalue weighted by atomic mass is 9.96. The van der Waals surface area contributed by atoms with E-state index in [9.17, 15) is 31.4 Å².